The molecule has 0 fully saturated rings. The van der Waals surface area contributed by atoms with Gasteiger partial charge < -0.3 is 9.88 Å². The summed E-state index contributed by atoms with van der Waals surface area (Å²) in [5.41, 5.74) is 3.31. The number of aryl methyl sites for hydroxylation is 1. The summed E-state index contributed by atoms with van der Waals surface area (Å²) in [6, 6.07) is 19.6. The summed E-state index contributed by atoms with van der Waals surface area (Å²) in [5, 5.41) is 3.93. The molecule has 0 saturated carbocycles. The molecule has 2 heterocycles. The third-order valence-corrected chi connectivity index (χ3v) is 4.72. The van der Waals surface area contributed by atoms with Crippen LogP contribution in [-0.4, -0.2) is 27.0 Å². The van der Waals surface area contributed by atoms with Crippen molar-refractivity contribution in [3.8, 4) is 11.3 Å². The topological polar surface area (TPSA) is 59.8 Å². The molecule has 5 heteroatoms. The minimum atomic E-state index is -0.0570. The molecule has 0 radical (unpaired) electrons. The first-order chi connectivity index (χ1) is 13.8. The highest BCUT2D eigenvalue weighted by Crippen LogP contribution is 2.24. The second kappa shape index (κ2) is 8.48. The molecule has 0 unspecified atom stereocenters. The number of carbonyl (C=O) groups excluding carboxylic acids is 1. The first-order valence-electron chi connectivity index (χ1n) is 9.50. The Morgan fingerprint density at radius 2 is 1.82 bits per heavy atom. The lowest BCUT2D eigenvalue weighted by Crippen LogP contribution is -2.25. The maximum atomic E-state index is 12.9. The predicted octanol–water partition coefficient (Wildman–Crippen LogP) is 4.31. The molecule has 0 spiro atoms. The van der Waals surface area contributed by atoms with Crippen LogP contribution in [0.4, 0.5) is 0 Å². The number of rotatable bonds is 7. The minimum absolute atomic E-state index is 0.0570. The first kappa shape index (κ1) is 17.9. The van der Waals surface area contributed by atoms with Crippen molar-refractivity contribution in [2.24, 2.45) is 0 Å². The normalized spacial score (nSPS) is 10.9. The van der Waals surface area contributed by atoms with E-state index >= 15 is 0 Å². The summed E-state index contributed by atoms with van der Waals surface area (Å²) in [6.45, 7) is 1.55. The number of aromatic nitrogens is 3. The third kappa shape index (κ3) is 4.09. The van der Waals surface area contributed by atoms with Gasteiger partial charge in [-0.05, 0) is 25.0 Å². The average molecular weight is 370 g/mol. The number of pyridine rings is 1. The van der Waals surface area contributed by atoms with E-state index in [1.165, 1.54) is 0 Å². The molecule has 0 atom stereocenters. The number of amides is 1. The zero-order valence-electron chi connectivity index (χ0n) is 15.6. The molecule has 4 rings (SSSR count). The Morgan fingerprint density at radius 3 is 2.64 bits per heavy atom. The molecule has 5 nitrogen and oxygen atoms in total. The van der Waals surface area contributed by atoms with Crippen LogP contribution in [-0.2, 0) is 6.54 Å². The molecule has 0 aliphatic rings. The number of unbranched alkanes of at least 4 members (excludes halogenated alkanes) is 1. The van der Waals surface area contributed by atoms with Crippen molar-refractivity contribution in [3.63, 3.8) is 0 Å². The second-order valence-electron chi connectivity index (χ2n) is 6.70. The number of hydrogen-bond donors (Lipinski definition) is 1. The summed E-state index contributed by atoms with van der Waals surface area (Å²) in [4.78, 5) is 21.7. The van der Waals surface area contributed by atoms with E-state index in [1.54, 1.807) is 6.20 Å². The molecule has 2 aromatic carbocycles. The standard InChI is InChI=1S/C23H22N4O/c28-23(25-12-6-7-14-27-15-13-24-17-27)20-16-22(18-8-2-1-3-9-18)26-21-11-5-4-10-19(20)21/h1-5,8-11,13,15-17H,6-7,12,14H2,(H,25,28). The van der Waals surface area contributed by atoms with Gasteiger partial charge in [-0.2, -0.15) is 0 Å². The number of para-hydroxylation sites is 1. The quantitative estimate of drug-likeness (QED) is 0.493. The smallest absolute Gasteiger partial charge is 0.252 e. The van der Waals surface area contributed by atoms with Crippen LogP contribution in [0.5, 0.6) is 0 Å². The third-order valence-electron chi connectivity index (χ3n) is 4.72. The highest BCUT2D eigenvalue weighted by molar-refractivity contribution is 6.07. The van der Waals surface area contributed by atoms with Crippen LogP contribution >= 0.6 is 0 Å². The Bertz CT molecular complexity index is 1060. The number of carbonyl (C=O) groups is 1. The Morgan fingerprint density at radius 1 is 1.00 bits per heavy atom. The highest BCUT2D eigenvalue weighted by atomic mass is 16.1. The van der Waals surface area contributed by atoms with Gasteiger partial charge in [-0.1, -0.05) is 48.5 Å². The van der Waals surface area contributed by atoms with Crippen molar-refractivity contribution in [1.82, 2.24) is 19.9 Å². The van der Waals surface area contributed by atoms with E-state index in [-0.39, 0.29) is 5.91 Å². The fourth-order valence-electron chi connectivity index (χ4n) is 3.26. The molecule has 2 aromatic heterocycles. The van der Waals surface area contributed by atoms with E-state index in [9.17, 15) is 4.79 Å². The molecule has 140 valence electrons. The number of hydrogen-bond acceptors (Lipinski definition) is 3. The number of nitrogens with one attached hydrogen (secondary N) is 1. The Hall–Kier alpha value is -3.47. The zero-order chi connectivity index (χ0) is 19.2. The van der Waals surface area contributed by atoms with E-state index in [4.69, 9.17) is 4.98 Å². The Balaban J connectivity index is 1.49. The summed E-state index contributed by atoms with van der Waals surface area (Å²) in [6.07, 6.45) is 7.45. The van der Waals surface area contributed by atoms with Crippen LogP contribution in [0.3, 0.4) is 0 Å². The zero-order valence-corrected chi connectivity index (χ0v) is 15.6. The predicted molar refractivity (Wildman–Crippen MR) is 111 cm³/mol. The highest BCUT2D eigenvalue weighted by Gasteiger charge is 2.13. The van der Waals surface area contributed by atoms with Crippen molar-refractivity contribution in [1.29, 1.82) is 0 Å². The van der Waals surface area contributed by atoms with Crippen LogP contribution < -0.4 is 5.32 Å². The molecule has 4 aromatic rings. The lowest BCUT2D eigenvalue weighted by molar-refractivity contribution is 0.0954. The summed E-state index contributed by atoms with van der Waals surface area (Å²) in [7, 11) is 0. The fourth-order valence-corrected chi connectivity index (χ4v) is 3.26. The Labute approximate surface area is 164 Å². The van der Waals surface area contributed by atoms with Gasteiger partial charge in [0.1, 0.15) is 0 Å². The maximum absolute atomic E-state index is 12.9. The largest absolute Gasteiger partial charge is 0.352 e. The molecule has 0 aliphatic heterocycles. The van der Waals surface area contributed by atoms with Crippen LogP contribution in [0.1, 0.15) is 23.2 Å². The lowest BCUT2D eigenvalue weighted by atomic mass is 10.0. The van der Waals surface area contributed by atoms with Crippen LogP contribution in [0.2, 0.25) is 0 Å². The molecular weight excluding hydrogens is 348 g/mol. The van der Waals surface area contributed by atoms with Gasteiger partial charge in [0.2, 0.25) is 0 Å². The van der Waals surface area contributed by atoms with E-state index in [2.05, 4.69) is 10.3 Å². The van der Waals surface area contributed by atoms with Gasteiger partial charge >= 0.3 is 0 Å². The molecule has 0 bridgehead atoms. The van der Waals surface area contributed by atoms with Gasteiger partial charge in [-0.3, -0.25) is 4.79 Å². The molecule has 0 saturated heterocycles. The van der Waals surface area contributed by atoms with Crippen LogP contribution in [0, 0.1) is 0 Å². The van der Waals surface area contributed by atoms with Crippen molar-refractivity contribution in [2.45, 2.75) is 19.4 Å². The average Bonchev–Trinajstić information content (AvgIpc) is 3.27. The summed E-state index contributed by atoms with van der Waals surface area (Å²) < 4.78 is 2.05. The van der Waals surface area contributed by atoms with E-state index in [1.807, 2.05) is 77.8 Å². The number of nitrogens with zero attached hydrogens (tertiary/aromatic N) is 3. The van der Waals surface area contributed by atoms with E-state index < -0.39 is 0 Å². The number of fused-ring (bicyclic) bond motifs is 1. The van der Waals surface area contributed by atoms with Gasteiger partial charge in [0.25, 0.3) is 5.91 Å². The van der Waals surface area contributed by atoms with Crippen molar-refractivity contribution in [3.05, 3.63) is 84.9 Å². The van der Waals surface area contributed by atoms with Crippen molar-refractivity contribution < 1.29 is 4.79 Å². The molecule has 28 heavy (non-hydrogen) atoms. The minimum Gasteiger partial charge on any atom is -0.352 e. The second-order valence-corrected chi connectivity index (χ2v) is 6.70. The fraction of sp³-hybridized carbons (Fsp3) is 0.174. The van der Waals surface area contributed by atoms with Gasteiger partial charge in [0.05, 0.1) is 23.1 Å². The molecule has 1 amide bonds. The molecule has 0 aliphatic carbocycles. The summed E-state index contributed by atoms with van der Waals surface area (Å²) in [5.74, 6) is -0.0570. The van der Waals surface area contributed by atoms with Crippen LogP contribution in [0.15, 0.2) is 79.4 Å². The molecule has 1 N–H and O–H groups in total. The maximum Gasteiger partial charge on any atom is 0.252 e. The van der Waals surface area contributed by atoms with Gasteiger partial charge in [0.15, 0.2) is 0 Å². The summed E-state index contributed by atoms with van der Waals surface area (Å²) >= 11 is 0. The monoisotopic (exact) mass is 370 g/mol. The number of benzene rings is 2. The van der Waals surface area contributed by atoms with Gasteiger partial charge in [-0.15, -0.1) is 0 Å². The van der Waals surface area contributed by atoms with Crippen molar-refractivity contribution in [2.75, 3.05) is 6.54 Å². The van der Waals surface area contributed by atoms with E-state index in [0.717, 1.165) is 41.5 Å². The van der Waals surface area contributed by atoms with E-state index in [0.29, 0.717) is 12.1 Å². The van der Waals surface area contributed by atoms with Gasteiger partial charge in [0, 0.05) is 36.4 Å². The number of imidazole rings is 1. The first-order valence-corrected chi connectivity index (χ1v) is 9.50. The van der Waals surface area contributed by atoms with Crippen LogP contribution in [0.25, 0.3) is 22.2 Å². The Kier molecular flexibility index (Phi) is 5.43. The molecular formula is C23H22N4O. The lowest BCUT2D eigenvalue weighted by Gasteiger charge is -2.11. The van der Waals surface area contributed by atoms with Crippen molar-refractivity contribution >= 4 is 16.8 Å². The SMILES string of the molecule is O=C(NCCCCn1ccnc1)c1cc(-c2ccccc2)nc2ccccc12. The van der Waals surface area contributed by atoms with Gasteiger partial charge in [-0.25, -0.2) is 9.97 Å².